The van der Waals surface area contributed by atoms with Gasteiger partial charge in [0.25, 0.3) is 5.69 Å². The Morgan fingerprint density at radius 3 is 2.10 bits per heavy atom. The van der Waals surface area contributed by atoms with Crippen LogP contribution in [0.1, 0.15) is 0 Å². The Kier molecular flexibility index (Phi) is 7.09. The maximum Gasteiger partial charge on any atom is 0.397 e. The highest BCUT2D eigenvalue weighted by atomic mass is 32.3. The highest BCUT2D eigenvalue weighted by Crippen LogP contribution is 2.28. The Bertz CT molecular complexity index is 928. The zero-order valence-electron chi connectivity index (χ0n) is 14.0. The molecule has 0 aromatic heterocycles. The molecule has 1 aromatic rings. The van der Waals surface area contributed by atoms with E-state index in [2.05, 4.69) is 8.37 Å². The van der Waals surface area contributed by atoms with Crippen LogP contribution in [0.15, 0.2) is 24.3 Å². The van der Waals surface area contributed by atoms with Crippen molar-refractivity contribution in [2.45, 2.75) is 30.7 Å². The average molecular weight is 461 g/mol. The van der Waals surface area contributed by atoms with Crippen LogP contribution in [0, 0.1) is 10.1 Å². The molecule has 0 unspecified atom stereocenters. The van der Waals surface area contributed by atoms with Gasteiger partial charge in [0.15, 0.2) is 6.10 Å². The molecule has 1 aromatic carbocycles. The molecule has 2 rings (SSSR count). The zero-order chi connectivity index (χ0) is 22.0. The summed E-state index contributed by atoms with van der Waals surface area (Å²) in [5.41, 5.74) is -0.303. The Balaban J connectivity index is 2.26. The highest BCUT2D eigenvalue weighted by Gasteiger charge is 2.49. The fourth-order valence-electron chi connectivity index (χ4n) is 2.31. The smallest absolute Gasteiger partial charge is 0.397 e. The SMILES string of the molecule is O=[N+]([O-])c1ccc(O[C@H]2O[C@H](COS(=O)(=O)O)[C@@H](O)[C@H](O)[C@H]2OS(=O)(=O)O)cc1. The third kappa shape index (κ3) is 6.80. The van der Waals surface area contributed by atoms with Crippen LogP contribution in [-0.4, -0.2) is 78.4 Å². The van der Waals surface area contributed by atoms with Crippen molar-refractivity contribution in [1.29, 1.82) is 0 Å². The van der Waals surface area contributed by atoms with Crippen molar-refractivity contribution >= 4 is 26.5 Å². The molecule has 4 N–H and O–H groups in total. The van der Waals surface area contributed by atoms with E-state index in [0.29, 0.717) is 0 Å². The third-order valence-corrected chi connectivity index (χ3v) is 4.46. The quantitative estimate of drug-likeness (QED) is 0.195. The van der Waals surface area contributed by atoms with Crippen molar-refractivity contribution in [1.82, 2.24) is 0 Å². The van der Waals surface area contributed by atoms with E-state index in [0.717, 1.165) is 24.3 Å². The second kappa shape index (κ2) is 8.81. The van der Waals surface area contributed by atoms with Gasteiger partial charge in [-0.15, -0.1) is 0 Å². The fraction of sp³-hybridized carbons (Fsp3) is 0.500. The molecule has 1 aliphatic heterocycles. The van der Waals surface area contributed by atoms with Crippen molar-refractivity contribution in [2.75, 3.05) is 6.61 Å². The number of ether oxygens (including phenoxy) is 2. The van der Waals surface area contributed by atoms with Gasteiger partial charge in [0.1, 0.15) is 24.1 Å². The molecule has 0 saturated carbocycles. The van der Waals surface area contributed by atoms with Crippen molar-refractivity contribution in [2.24, 2.45) is 0 Å². The first kappa shape index (κ1) is 23.3. The summed E-state index contributed by atoms with van der Waals surface area (Å²) in [6, 6.07) is 4.24. The molecule has 1 saturated heterocycles. The lowest BCUT2D eigenvalue weighted by Gasteiger charge is -2.40. The third-order valence-electron chi connectivity index (χ3n) is 3.56. The number of benzene rings is 1. The molecule has 29 heavy (non-hydrogen) atoms. The fourth-order valence-corrected chi connectivity index (χ4v) is 3.11. The average Bonchev–Trinajstić information content (AvgIpc) is 2.59. The predicted molar refractivity (Wildman–Crippen MR) is 88.3 cm³/mol. The minimum Gasteiger partial charge on any atom is -0.462 e. The summed E-state index contributed by atoms with van der Waals surface area (Å²) in [5, 5.41) is 30.7. The molecular weight excluding hydrogens is 446 g/mol. The van der Waals surface area contributed by atoms with Crippen molar-refractivity contribution in [3.8, 4) is 5.75 Å². The van der Waals surface area contributed by atoms with E-state index < -0.39 is 63.0 Å². The Labute approximate surface area is 163 Å². The molecule has 0 bridgehead atoms. The molecule has 1 heterocycles. The van der Waals surface area contributed by atoms with Crippen LogP contribution in [0.25, 0.3) is 0 Å². The van der Waals surface area contributed by atoms with Gasteiger partial charge in [0.2, 0.25) is 6.29 Å². The van der Waals surface area contributed by atoms with Gasteiger partial charge in [0, 0.05) is 12.1 Å². The summed E-state index contributed by atoms with van der Waals surface area (Å²) in [4.78, 5) is 9.97. The molecule has 5 atom stereocenters. The summed E-state index contributed by atoms with van der Waals surface area (Å²) in [6.45, 7) is -1.00. The first-order valence-electron chi connectivity index (χ1n) is 7.47. The standard InChI is InChI=1S/C12H15NO14S2/c14-9-8(5-24-28(18,19)20)26-12(11(10(9)15)27-29(21,22)23)25-7-3-1-6(2-4-7)13(16)17/h1-4,8-12,14-15H,5H2,(H,18,19,20)(H,21,22,23)/t8-,9-,10+,11-,12+/m1/s1. The number of nitro groups is 1. The molecule has 15 nitrogen and oxygen atoms in total. The topological polar surface area (TPSA) is 229 Å². The number of nitrogens with zero attached hydrogens (tertiary/aromatic N) is 1. The van der Waals surface area contributed by atoms with Crippen LogP contribution >= 0.6 is 0 Å². The Morgan fingerprint density at radius 2 is 1.62 bits per heavy atom. The maximum absolute atomic E-state index is 11.0. The number of non-ortho nitro benzene ring substituents is 1. The molecule has 0 radical (unpaired) electrons. The first-order chi connectivity index (χ1) is 13.3. The molecule has 164 valence electrons. The van der Waals surface area contributed by atoms with Gasteiger partial charge < -0.3 is 19.7 Å². The summed E-state index contributed by atoms with van der Waals surface area (Å²) < 4.78 is 79.6. The minimum atomic E-state index is -5.16. The van der Waals surface area contributed by atoms with Crippen molar-refractivity contribution < 1.29 is 58.9 Å². The molecule has 17 heteroatoms. The number of hydrogen-bond donors (Lipinski definition) is 4. The van der Waals surface area contributed by atoms with Gasteiger partial charge >= 0.3 is 20.8 Å². The van der Waals surface area contributed by atoms with Crippen LogP contribution in [0.4, 0.5) is 5.69 Å². The second-order valence-electron chi connectivity index (χ2n) is 5.59. The van der Waals surface area contributed by atoms with Gasteiger partial charge in [0.05, 0.1) is 11.5 Å². The van der Waals surface area contributed by atoms with Crippen LogP contribution in [0.5, 0.6) is 5.75 Å². The van der Waals surface area contributed by atoms with Gasteiger partial charge in [-0.25, -0.2) is 8.37 Å². The van der Waals surface area contributed by atoms with Gasteiger partial charge in [-0.05, 0) is 12.1 Å². The lowest BCUT2D eigenvalue weighted by atomic mass is 9.99. The molecule has 1 aliphatic rings. The molecular formula is C12H15NO14S2. The largest absolute Gasteiger partial charge is 0.462 e. The molecule has 0 spiro atoms. The first-order valence-corrected chi connectivity index (χ1v) is 10.2. The lowest BCUT2D eigenvalue weighted by Crippen LogP contribution is -2.61. The van der Waals surface area contributed by atoms with E-state index in [1.54, 1.807) is 0 Å². The van der Waals surface area contributed by atoms with Crippen LogP contribution in [-0.2, 0) is 33.9 Å². The number of nitro benzene ring substituents is 1. The summed E-state index contributed by atoms with van der Waals surface area (Å²) >= 11 is 0. The second-order valence-corrected chi connectivity index (χ2v) is 7.73. The van der Waals surface area contributed by atoms with Crippen LogP contribution in [0.2, 0.25) is 0 Å². The van der Waals surface area contributed by atoms with E-state index >= 15 is 0 Å². The van der Waals surface area contributed by atoms with E-state index in [1.807, 2.05) is 0 Å². The Morgan fingerprint density at radius 1 is 1.03 bits per heavy atom. The summed E-state index contributed by atoms with van der Waals surface area (Å²) in [7, 11) is -10.1. The monoisotopic (exact) mass is 461 g/mol. The predicted octanol–water partition coefficient (Wildman–Crippen LogP) is -1.57. The number of hydrogen-bond acceptors (Lipinski definition) is 12. The van der Waals surface area contributed by atoms with Crippen LogP contribution < -0.4 is 4.74 Å². The van der Waals surface area contributed by atoms with Gasteiger partial charge in [-0.2, -0.15) is 16.8 Å². The normalized spacial score (nSPS) is 28.1. The van der Waals surface area contributed by atoms with Gasteiger partial charge in [-0.1, -0.05) is 0 Å². The lowest BCUT2D eigenvalue weighted by molar-refractivity contribution is -0.384. The molecule has 0 aliphatic carbocycles. The summed E-state index contributed by atoms with van der Waals surface area (Å²) in [6.07, 6.45) is -9.64. The van der Waals surface area contributed by atoms with Gasteiger partial charge in [-0.3, -0.25) is 19.2 Å². The van der Waals surface area contributed by atoms with E-state index in [9.17, 15) is 37.2 Å². The number of aliphatic hydroxyl groups is 2. The van der Waals surface area contributed by atoms with E-state index in [-0.39, 0.29) is 11.4 Å². The zero-order valence-corrected chi connectivity index (χ0v) is 15.7. The number of aliphatic hydroxyl groups excluding tert-OH is 2. The Hall–Kier alpha value is -1.96. The molecule has 0 amide bonds. The molecule has 1 fully saturated rings. The summed E-state index contributed by atoms with van der Waals surface area (Å²) in [5.74, 6) is -0.137. The number of rotatable bonds is 8. The maximum atomic E-state index is 11.0. The van der Waals surface area contributed by atoms with Crippen LogP contribution in [0.3, 0.4) is 0 Å². The van der Waals surface area contributed by atoms with Crippen molar-refractivity contribution in [3.63, 3.8) is 0 Å². The van der Waals surface area contributed by atoms with Crippen molar-refractivity contribution in [3.05, 3.63) is 34.4 Å². The van der Waals surface area contributed by atoms with E-state index in [1.165, 1.54) is 0 Å². The minimum absolute atomic E-state index is 0.137. The highest BCUT2D eigenvalue weighted by molar-refractivity contribution is 7.81. The van der Waals surface area contributed by atoms with E-state index in [4.69, 9.17) is 18.6 Å².